The SMILES string of the molecule is C/C=C/CCNS(=O)(=O)c1ccc(C)c([N+](=O)[O-])c1. The molecule has 7 heteroatoms. The van der Waals surface area contributed by atoms with Crippen molar-refractivity contribution in [1.29, 1.82) is 0 Å². The largest absolute Gasteiger partial charge is 0.273 e. The van der Waals surface area contributed by atoms with Crippen LogP contribution in [0.1, 0.15) is 18.9 Å². The molecule has 0 spiro atoms. The van der Waals surface area contributed by atoms with Crippen LogP contribution in [-0.4, -0.2) is 19.9 Å². The molecular formula is C12H16N2O4S. The standard InChI is InChI=1S/C12H16N2O4S/c1-3-4-5-8-13-19(17,18)11-7-6-10(2)12(9-11)14(15)16/h3-4,6-7,9,13H,5,8H2,1-2H3/b4-3+. The molecule has 19 heavy (non-hydrogen) atoms. The van der Waals surface area contributed by atoms with E-state index in [1.165, 1.54) is 12.1 Å². The third-order valence-corrected chi connectivity index (χ3v) is 3.99. The monoisotopic (exact) mass is 284 g/mol. The number of allylic oxidation sites excluding steroid dienone is 1. The van der Waals surface area contributed by atoms with Crippen molar-refractivity contribution < 1.29 is 13.3 Å². The Kier molecular flexibility index (Phi) is 5.20. The number of benzene rings is 1. The first-order chi connectivity index (χ1) is 8.88. The third-order valence-electron chi connectivity index (χ3n) is 2.53. The summed E-state index contributed by atoms with van der Waals surface area (Å²) < 4.78 is 26.2. The summed E-state index contributed by atoms with van der Waals surface area (Å²) in [6, 6.07) is 3.87. The average molecular weight is 284 g/mol. The summed E-state index contributed by atoms with van der Waals surface area (Å²) in [5, 5.41) is 10.8. The molecule has 6 nitrogen and oxygen atoms in total. The van der Waals surface area contributed by atoms with Gasteiger partial charge in [0.15, 0.2) is 0 Å². The van der Waals surface area contributed by atoms with E-state index in [1.54, 1.807) is 6.92 Å². The highest BCUT2D eigenvalue weighted by atomic mass is 32.2. The van der Waals surface area contributed by atoms with Gasteiger partial charge >= 0.3 is 0 Å². The topological polar surface area (TPSA) is 89.3 Å². The molecule has 0 saturated carbocycles. The first-order valence-electron chi connectivity index (χ1n) is 5.74. The predicted molar refractivity (Wildman–Crippen MR) is 72.5 cm³/mol. The molecule has 1 aromatic carbocycles. The first-order valence-corrected chi connectivity index (χ1v) is 7.22. The Balaban J connectivity index is 2.95. The molecule has 0 saturated heterocycles. The lowest BCUT2D eigenvalue weighted by Crippen LogP contribution is -2.24. The number of sulfonamides is 1. The van der Waals surface area contributed by atoms with E-state index in [-0.39, 0.29) is 17.1 Å². The minimum atomic E-state index is -3.70. The van der Waals surface area contributed by atoms with Crippen LogP contribution in [0.25, 0.3) is 0 Å². The maximum Gasteiger partial charge on any atom is 0.273 e. The molecular weight excluding hydrogens is 268 g/mol. The van der Waals surface area contributed by atoms with Crippen molar-refractivity contribution in [1.82, 2.24) is 4.72 Å². The van der Waals surface area contributed by atoms with Crippen LogP contribution < -0.4 is 4.72 Å². The van der Waals surface area contributed by atoms with Gasteiger partial charge in [-0.3, -0.25) is 10.1 Å². The maximum atomic E-state index is 11.9. The number of nitro groups is 1. The van der Waals surface area contributed by atoms with Gasteiger partial charge in [0, 0.05) is 18.2 Å². The van der Waals surface area contributed by atoms with Gasteiger partial charge in [-0.15, -0.1) is 0 Å². The molecule has 0 bridgehead atoms. The van der Waals surface area contributed by atoms with Gasteiger partial charge in [0.25, 0.3) is 5.69 Å². The summed E-state index contributed by atoms with van der Waals surface area (Å²) in [4.78, 5) is 10.1. The highest BCUT2D eigenvalue weighted by Gasteiger charge is 2.18. The van der Waals surface area contributed by atoms with Crippen molar-refractivity contribution in [2.24, 2.45) is 0 Å². The van der Waals surface area contributed by atoms with Crippen LogP contribution in [0.3, 0.4) is 0 Å². The predicted octanol–water partition coefficient (Wildman–Crippen LogP) is 2.15. The molecule has 0 fully saturated rings. The van der Waals surface area contributed by atoms with E-state index in [0.717, 1.165) is 6.07 Å². The summed E-state index contributed by atoms with van der Waals surface area (Å²) in [5.41, 5.74) is 0.231. The number of rotatable bonds is 6. The van der Waals surface area contributed by atoms with Crippen LogP contribution in [0.15, 0.2) is 35.2 Å². The van der Waals surface area contributed by atoms with E-state index in [2.05, 4.69) is 4.72 Å². The van der Waals surface area contributed by atoms with Crippen LogP contribution in [0.4, 0.5) is 5.69 Å². The molecule has 0 aliphatic heterocycles. The Labute approximate surface area is 112 Å². The second-order valence-electron chi connectivity index (χ2n) is 3.96. The fourth-order valence-corrected chi connectivity index (χ4v) is 2.55. The summed E-state index contributed by atoms with van der Waals surface area (Å²) in [5.74, 6) is 0. The summed E-state index contributed by atoms with van der Waals surface area (Å²) >= 11 is 0. The van der Waals surface area contributed by atoms with Gasteiger partial charge in [0.05, 0.1) is 9.82 Å². The van der Waals surface area contributed by atoms with Gasteiger partial charge in [-0.25, -0.2) is 13.1 Å². The zero-order valence-electron chi connectivity index (χ0n) is 10.8. The van der Waals surface area contributed by atoms with E-state index in [0.29, 0.717) is 12.0 Å². The molecule has 1 aromatic rings. The van der Waals surface area contributed by atoms with Crippen LogP contribution in [-0.2, 0) is 10.0 Å². The first kappa shape index (κ1) is 15.3. The van der Waals surface area contributed by atoms with Gasteiger partial charge in [-0.1, -0.05) is 18.2 Å². The maximum absolute atomic E-state index is 11.9. The van der Waals surface area contributed by atoms with Gasteiger partial charge in [-0.05, 0) is 26.3 Å². The lowest BCUT2D eigenvalue weighted by Gasteiger charge is -2.06. The second kappa shape index (κ2) is 6.44. The van der Waals surface area contributed by atoms with E-state index < -0.39 is 14.9 Å². The number of nitrogens with one attached hydrogen (secondary N) is 1. The van der Waals surface area contributed by atoms with Gasteiger partial charge in [0.1, 0.15) is 0 Å². The van der Waals surface area contributed by atoms with Gasteiger partial charge < -0.3 is 0 Å². The molecule has 0 amide bonds. The minimum Gasteiger partial charge on any atom is -0.258 e. The van der Waals surface area contributed by atoms with Crippen molar-refractivity contribution in [3.63, 3.8) is 0 Å². The van der Waals surface area contributed by atoms with Crippen molar-refractivity contribution in [2.45, 2.75) is 25.2 Å². The van der Waals surface area contributed by atoms with E-state index in [1.807, 2.05) is 19.1 Å². The molecule has 0 aromatic heterocycles. The number of nitrogens with zero attached hydrogens (tertiary/aromatic N) is 1. The molecule has 104 valence electrons. The van der Waals surface area contributed by atoms with Crippen molar-refractivity contribution in [3.05, 3.63) is 46.0 Å². The quantitative estimate of drug-likeness (QED) is 0.375. The zero-order valence-corrected chi connectivity index (χ0v) is 11.6. The summed E-state index contributed by atoms with van der Waals surface area (Å²) in [7, 11) is -3.70. The molecule has 0 radical (unpaired) electrons. The fraction of sp³-hybridized carbons (Fsp3) is 0.333. The van der Waals surface area contributed by atoms with E-state index >= 15 is 0 Å². The van der Waals surface area contributed by atoms with Crippen LogP contribution in [0, 0.1) is 17.0 Å². The van der Waals surface area contributed by atoms with Gasteiger partial charge in [-0.2, -0.15) is 0 Å². The Morgan fingerprint density at radius 3 is 2.68 bits per heavy atom. The Hall–Kier alpha value is -1.73. The Bertz CT molecular complexity index is 594. The number of hydrogen-bond acceptors (Lipinski definition) is 4. The highest BCUT2D eigenvalue weighted by Crippen LogP contribution is 2.21. The molecule has 0 unspecified atom stereocenters. The molecule has 1 rings (SSSR count). The van der Waals surface area contributed by atoms with Crippen LogP contribution in [0.5, 0.6) is 0 Å². The van der Waals surface area contributed by atoms with Gasteiger partial charge in [0.2, 0.25) is 10.0 Å². The summed E-state index contributed by atoms with van der Waals surface area (Å²) in [6.07, 6.45) is 4.23. The number of nitro benzene ring substituents is 1. The number of aryl methyl sites for hydroxylation is 1. The normalized spacial score (nSPS) is 11.9. The second-order valence-corrected chi connectivity index (χ2v) is 5.73. The van der Waals surface area contributed by atoms with E-state index in [9.17, 15) is 18.5 Å². The van der Waals surface area contributed by atoms with Crippen LogP contribution in [0.2, 0.25) is 0 Å². The molecule has 0 atom stereocenters. The summed E-state index contributed by atoms with van der Waals surface area (Å²) in [6.45, 7) is 3.67. The van der Waals surface area contributed by atoms with Crippen molar-refractivity contribution in [3.8, 4) is 0 Å². The van der Waals surface area contributed by atoms with Crippen molar-refractivity contribution in [2.75, 3.05) is 6.54 Å². The average Bonchev–Trinajstić information content (AvgIpc) is 2.34. The highest BCUT2D eigenvalue weighted by molar-refractivity contribution is 7.89. The Morgan fingerprint density at radius 1 is 1.42 bits per heavy atom. The molecule has 1 N–H and O–H groups in total. The molecule has 0 heterocycles. The molecule has 0 aliphatic rings. The zero-order chi connectivity index (χ0) is 14.5. The number of hydrogen-bond donors (Lipinski definition) is 1. The lowest BCUT2D eigenvalue weighted by molar-refractivity contribution is -0.385. The fourth-order valence-electron chi connectivity index (χ4n) is 1.48. The van der Waals surface area contributed by atoms with Crippen molar-refractivity contribution >= 4 is 15.7 Å². The third kappa shape index (κ3) is 4.15. The smallest absolute Gasteiger partial charge is 0.258 e. The minimum absolute atomic E-state index is 0.0923. The Morgan fingerprint density at radius 2 is 2.11 bits per heavy atom. The molecule has 0 aliphatic carbocycles. The van der Waals surface area contributed by atoms with E-state index in [4.69, 9.17) is 0 Å². The lowest BCUT2D eigenvalue weighted by atomic mass is 10.2. The van der Waals surface area contributed by atoms with Crippen LogP contribution >= 0.6 is 0 Å².